The lowest BCUT2D eigenvalue weighted by molar-refractivity contribution is 0.400. The number of nitrogens with two attached hydrogens (primary N) is 1. The lowest BCUT2D eigenvalue weighted by Gasteiger charge is -2.09. The zero-order valence-corrected chi connectivity index (χ0v) is 10.2. The monoisotopic (exact) mass is 247 g/mol. The van der Waals surface area contributed by atoms with Crippen LogP contribution in [0.2, 0.25) is 0 Å². The number of nitrogen functional groups attached to an aromatic ring is 1. The van der Waals surface area contributed by atoms with Crippen LogP contribution in [-0.2, 0) is 10.0 Å². The van der Waals surface area contributed by atoms with Crippen LogP contribution in [0.5, 0.6) is 0 Å². The Labute approximate surface area is 95.1 Å². The molecule has 1 aromatic rings. The first-order chi connectivity index (χ1) is 7.43. The van der Waals surface area contributed by atoms with Gasteiger partial charge in [0.25, 0.3) is 0 Å². The van der Waals surface area contributed by atoms with E-state index in [1.807, 2.05) is 19.0 Å². The molecule has 0 aliphatic rings. The van der Waals surface area contributed by atoms with E-state index in [1.165, 1.54) is 6.20 Å². The predicted octanol–water partition coefficient (Wildman–Crippen LogP) is -0.778. The second-order valence-electron chi connectivity index (χ2n) is 3.70. The number of anilines is 1. The maximum absolute atomic E-state index is 11.7. The zero-order chi connectivity index (χ0) is 12.2. The fourth-order valence-electron chi connectivity index (χ4n) is 1.18. The van der Waals surface area contributed by atoms with Crippen LogP contribution in [0.3, 0.4) is 0 Å². The molecule has 1 heterocycles. The molecule has 7 nitrogen and oxygen atoms in total. The van der Waals surface area contributed by atoms with Crippen LogP contribution in [0, 0.1) is 0 Å². The average Bonchev–Trinajstić information content (AvgIpc) is 2.59. The molecule has 0 aliphatic heterocycles. The summed E-state index contributed by atoms with van der Waals surface area (Å²) >= 11 is 0. The first kappa shape index (κ1) is 12.9. The quantitative estimate of drug-likeness (QED) is 0.572. The number of hydrogen-bond donors (Lipinski definition) is 3. The van der Waals surface area contributed by atoms with Crippen LogP contribution >= 0.6 is 0 Å². The van der Waals surface area contributed by atoms with E-state index in [0.717, 1.165) is 13.0 Å². The minimum absolute atomic E-state index is 0.00245. The second-order valence-corrected chi connectivity index (χ2v) is 5.44. The van der Waals surface area contributed by atoms with E-state index in [2.05, 4.69) is 14.9 Å². The summed E-state index contributed by atoms with van der Waals surface area (Å²) in [7, 11) is 0.333. The van der Waals surface area contributed by atoms with Gasteiger partial charge in [0.15, 0.2) is 0 Å². The van der Waals surface area contributed by atoms with Crippen molar-refractivity contribution < 1.29 is 8.42 Å². The van der Waals surface area contributed by atoms with E-state index in [9.17, 15) is 8.42 Å². The third kappa shape index (κ3) is 3.47. The largest absolute Gasteiger partial charge is 0.383 e. The maximum atomic E-state index is 11.7. The van der Waals surface area contributed by atoms with Gasteiger partial charge < -0.3 is 10.6 Å². The molecule has 0 spiro atoms. The highest BCUT2D eigenvalue weighted by atomic mass is 32.2. The summed E-state index contributed by atoms with van der Waals surface area (Å²) in [5.74, 6) is 0.0557. The molecule has 0 saturated carbocycles. The Morgan fingerprint density at radius 1 is 1.56 bits per heavy atom. The number of nitrogens with zero attached hydrogens (tertiary/aromatic N) is 2. The van der Waals surface area contributed by atoms with E-state index < -0.39 is 10.0 Å². The lowest BCUT2D eigenvalue weighted by atomic mass is 10.4. The fourth-order valence-corrected chi connectivity index (χ4v) is 2.27. The smallest absolute Gasteiger partial charge is 0.245 e. The highest BCUT2D eigenvalue weighted by molar-refractivity contribution is 7.89. The van der Waals surface area contributed by atoms with Gasteiger partial charge in [-0.1, -0.05) is 0 Å². The first-order valence-corrected chi connectivity index (χ1v) is 6.35. The Balaban J connectivity index is 2.51. The van der Waals surface area contributed by atoms with Crippen molar-refractivity contribution in [3.05, 3.63) is 6.20 Å². The summed E-state index contributed by atoms with van der Waals surface area (Å²) < 4.78 is 25.9. The molecule has 0 aromatic carbocycles. The molecule has 0 bridgehead atoms. The first-order valence-electron chi connectivity index (χ1n) is 4.86. The number of aromatic amines is 1. The Morgan fingerprint density at radius 3 is 2.75 bits per heavy atom. The summed E-state index contributed by atoms with van der Waals surface area (Å²) in [6.45, 7) is 1.20. The number of H-pyrrole nitrogens is 1. The molecule has 0 atom stereocenters. The van der Waals surface area contributed by atoms with E-state index >= 15 is 0 Å². The lowest BCUT2D eigenvalue weighted by Crippen LogP contribution is -2.27. The van der Waals surface area contributed by atoms with Gasteiger partial charge in [-0.15, -0.1) is 0 Å². The third-order valence-electron chi connectivity index (χ3n) is 2.00. The van der Waals surface area contributed by atoms with Crippen LogP contribution in [0.15, 0.2) is 11.1 Å². The molecule has 0 amide bonds. The molecule has 0 radical (unpaired) electrons. The molecule has 16 heavy (non-hydrogen) atoms. The van der Waals surface area contributed by atoms with Crippen molar-refractivity contribution >= 4 is 15.8 Å². The summed E-state index contributed by atoms with van der Waals surface area (Å²) in [5.41, 5.74) is 5.43. The van der Waals surface area contributed by atoms with Gasteiger partial charge in [-0.05, 0) is 27.1 Å². The summed E-state index contributed by atoms with van der Waals surface area (Å²) in [5, 5.41) is 5.95. The molecule has 92 valence electrons. The van der Waals surface area contributed by atoms with Crippen molar-refractivity contribution in [2.24, 2.45) is 0 Å². The third-order valence-corrected chi connectivity index (χ3v) is 3.48. The zero-order valence-electron chi connectivity index (χ0n) is 9.40. The summed E-state index contributed by atoms with van der Waals surface area (Å²) in [6, 6.07) is 0. The molecule has 0 saturated heterocycles. The van der Waals surface area contributed by atoms with Crippen molar-refractivity contribution in [1.29, 1.82) is 0 Å². The molecular weight excluding hydrogens is 230 g/mol. The van der Waals surface area contributed by atoms with E-state index in [4.69, 9.17) is 5.73 Å². The van der Waals surface area contributed by atoms with Crippen LogP contribution in [0.25, 0.3) is 0 Å². The molecule has 0 unspecified atom stereocenters. The molecular formula is C8H17N5O2S. The van der Waals surface area contributed by atoms with Gasteiger partial charge in [-0.3, -0.25) is 5.10 Å². The average molecular weight is 247 g/mol. The van der Waals surface area contributed by atoms with Gasteiger partial charge in [0, 0.05) is 6.54 Å². The highest BCUT2D eigenvalue weighted by Gasteiger charge is 2.18. The van der Waals surface area contributed by atoms with Crippen LogP contribution < -0.4 is 10.5 Å². The van der Waals surface area contributed by atoms with Crippen molar-refractivity contribution in [3.8, 4) is 0 Å². The minimum Gasteiger partial charge on any atom is -0.383 e. The molecule has 0 aliphatic carbocycles. The Bertz CT molecular complexity index is 425. The molecule has 4 N–H and O–H groups in total. The standard InChI is InChI=1S/C8H17N5O2S/c1-13(2)5-3-4-11-16(14,15)7-6-10-12-8(7)9/h6,11H,3-5H2,1-2H3,(H3,9,10,12). The van der Waals surface area contributed by atoms with E-state index in [0.29, 0.717) is 6.54 Å². The van der Waals surface area contributed by atoms with Gasteiger partial charge in [0.1, 0.15) is 10.7 Å². The second kappa shape index (κ2) is 5.28. The Kier molecular flexibility index (Phi) is 4.27. The predicted molar refractivity (Wildman–Crippen MR) is 61.4 cm³/mol. The molecule has 0 fully saturated rings. The van der Waals surface area contributed by atoms with E-state index in [1.54, 1.807) is 0 Å². The summed E-state index contributed by atoms with van der Waals surface area (Å²) in [6.07, 6.45) is 1.94. The fraction of sp³-hybridized carbons (Fsp3) is 0.625. The number of nitrogens with one attached hydrogen (secondary N) is 2. The number of sulfonamides is 1. The Hall–Kier alpha value is -1.12. The van der Waals surface area contributed by atoms with Crippen molar-refractivity contribution in [3.63, 3.8) is 0 Å². The summed E-state index contributed by atoms with van der Waals surface area (Å²) in [4.78, 5) is 1.98. The van der Waals surface area contributed by atoms with Crippen LogP contribution in [0.4, 0.5) is 5.82 Å². The molecule has 1 rings (SSSR count). The topological polar surface area (TPSA) is 104 Å². The number of rotatable bonds is 6. The van der Waals surface area contributed by atoms with Crippen molar-refractivity contribution in [2.45, 2.75) is 11.3 Å². The van der Waals surface area contributed by atoms with E-state index in [-0.39, 0.29) is 10.7 Å². The van der Waals surface area contributed by atoms with Gasteiger partial charge >= 0.3 is 0 Å². The number of aromatic nitrogens is 2. The number of hydrogen-bond acceptors (Lipinski definition) is 5. The normalized spacial score (nSPS) is 12.2. The maximum Gasteiger partial charge on any atom is 0.245 e. The van der Waals surface area contributed by atoms with Gasteiger partial charge in [-0.2, -0.15) is 5.10 Å². The minimum atomic E-state index is -3.53. The van der Waals surface area contributed by atoms with Gasteiger partial charge in [0.2, 0.25) is 10.0 Å². The molecule has 1 aromatic heterocycles. The van der Waals surface area contributed by atoms with Gasteiger partial charge in [-0.25, -0.2) is 13.1 Å². The van der Waals surface area contributed by atoms with Crippen LogP contribution in [-0.4, -0.2) is 50.7 Å². The van der Waals surface area contributed by atoms with Crippen molar-refractivity contribution in [2.75, 3.05) is 32.9 Å². The highest BCUT2D eigenvalue weighted by Crippen LogP contribution is 2.13. The van der Waals surface area contributed by atoms with Crippen LogP contribution in [0.1, 0.15) is 6.42 Å². The van der Waals surface area contributed by atoms with Gasteiger partial charge in [0.05, 0.1) is 6.20 Å². The van der Waals surface area contributed by atoms with Crippen molar-refractivity contribution in [1.82, 2.24) is 19.8 Å². The molecule has 8 heteroatoms. The SMILES string of the molecule is CN(C)CCCNS(=O)(=O)c1cn[nH]c1N. The Morgan fingerprint density at radius 2 is 2.25 bits per heavy atom.